The van der Waals surface area contributed by atoms with Crippen LogP contribution in [0.15, 0.2) is 9.85 Å². The van der Waals surface area contributed by atoms with Crippen molar-refractivity contribution in [2.75, 3.05) is 24.7 Å². The van der Waals surface area contributed by atoms with E-state index in [4.69, 9.17) is 4.74 Å². The second kappa shape index (κ2) is 6.71. The van der Waals surface area contributed by atoms with E-state index >= 15 is 0 Å². The number of nitrogens with zero attached hydrogens (tertiary/aromatic N) is 2. The fourth-order valence-electron chi connectivity index (χ4n) is 0.580. The number of aromatic nitrogens is 2. The lowest BCUT2D eigenvalue weighted by Crippen LogP contribution is -1.99. The average Bonchev–Trinajstić information content (AvgIpc) is 2.57. The second-order valence-corrected chi connectivity index (χ2v) is 4.51. The molecule has 1 heterocycles. The van der Waals surface area contributed by atoms with Crippen LogP contribution in [0, 0.1) is 0 Å². The monoisotopic (exact) mass is 222 g/mol. The first-order valence-electron chi connectivity index (χ1n) is 3.51. The summed E-state index contributed by atoms with van der Waals surface area (Å²) in [5, 5.41) is 7.63. The largest absolute Gasteiger partial charge is 0.380 e. The molecular formula is C6H10N2OS3. The molecule has 0 fully saturated rings. The molecule has 0 N–H and O–H groups in total. The SMILES string of the molecule is SCCOCCSc1nncs1. The lowest BCUT2D eigenvalue weighted by Gasteiger charge is -1.98. The fraction of sp³-hybridized carbons (Fsp3) is 0.667. The van der Waals surface area contributed by atoms with Crippen molar-refractivity contribution in [2.24, 2.45) is 0 Å². The highest BCUT2D eigenvalue weighted by Crippen LogP contribution is 2.17. The van der Waals surface area contributed by atoms with Crippen molar-refractivity contribution < 1.29 is 4.74 Å². The highest BCUT2D eigenvalue weighted by atomic mass is 32.2. The molecule has 0 aliphatic heterocycles. The molecular weight excluding hydrogens is 212 g/mol. The number of hydrogen-bond donors (Lipinski definition) is 1. The third-order valence-electron chi connectivity index (χ3n) is 1.03. The van der Waals surface area contributed by atoms with Crippen molar-refractivity contribution in [2.45, 2.75) is 4.34 Å². The molecule has 1 aromatic rings. The van der Waals surface area contributed by atoms with Crippen LogP contribution in [0.2, 0.25) is 0 Å². The normalized spacial score (nSPS) is 10.4. The van der Waals surface area contributed by atoms with Crippen LogP contribution in [-0.2, 0) is 4.74 Å². The summed E-state index contributed by atoms with van der Waals surface area (Å²) in [5.41, 5.74) is 1.73. The molecule has 0 amide bonds. The molecule has 0 atom stereocenters. The first-order chi connectivity index (χ1) is 5.93. The Balaban J connectivity index is 1.96. The van der Waals surface area contributed by atoms with Gasteiger partial charge in [-0.05, 0) is 0 Å². The maximum atomic E-state index is 5.24. The Morgan fingerprint density at radius 2 is 2.50 bits per heavy atom. The number of hydrogen-bond acceptors (Lipinski definition) is 6. The highest BCUT2D eigenvalue weighted by Gasteiger charge is 1.96. The molecule has 0 bridgehead atoms. The average molecular weight is 222 g/mol. The van der Waals surface area contributed by atoms with Gasteiger partial charge in [-0.25, -0.2) is 0 Å². The van der Waals surface area contributed by atoms with Crippen molar-refractivity contribution in [3.8, 4) is 0 Å². The molecule has 1 rings (SSSR count). The third-order valence-corrected chi connectivity index (χ3v) is 3.04. The Kier molecular flexibility index (Phi) is 5.76. The van der Waals surface area contributed by atoms with E-state index in [0.29, 0.717) is 0 Å². The van der Waals surface area contributed by atoms with Gasteiger partial charge >= 0.3 is 0 Å². The summed E-state index contributed by atoms with van der Waals surface area (Å²) in [4.78, 5) is 0. The maximum absolute atomic E-state index is 5.24. The van der Waals surface area contributed by atoms with E-state index in [0.717, 1.165) is 29.1 Å². The summed E-state index contributed by atoms with van der Waals surface area (Å²) in [6.07, 6.45) is 0. The van der Waals surface area contributed by atoms with Gasteiger partial charge < -0.3 is 4.74 Å². The van der Waals surface area contributed by atoms with Crippen molar-refractivity contribution in [1.29, 1.82) is 0 Å². The van der Waals surface area contributed by atoms with E-state index in [-0.39, 0.29) is 0 Å². The van der Waals surface area contributed by atoms with Gasteiger partial charge in [0.25, 0.3) is 0 Å². The molecule has 12 heavy (non-hydrogen) atoms. The van der Waals surface area contributed by atoms with Gasteiger partial charge in [0.2, 0.25) is 0 Å². The van der Waals surface area contributed by atoms with Gasteiger partial charge in [-0.15, -0.1) is 10.2 Å². The Hall–Kier alpha value is 0.220. The number of thioether (sulfide) groups is 1. The number of ether oxygens (including phenoxy) is 1. The van der Waals surface area contributed by atoms with Gasteiger partial charge in [-0.3, -0.25) is 0 Å². The van der Waals surface area contributed by atoms with Gasteiger partial charge in [-0.1, -0.05) is 23.1 Å². The van der Waals surface area contributed by atoms with Crippen LogP contribution in [0.1, 0.15) is 0 Å². The molecule has 0 aliphatic rings. The van der Waals surface area contributed by atoms with E-state index in [9.17, 15) is 0 Å². The van der Waals surface area contributed by atoms with Crippen LogP contribution < -0.4 is 0 Å². The first kappa shape index (κ1) is 10.3. The van der Waals surface area contributed by atoms with Crippen LogP contribution >= 0.6 is 35.7 Å². The summed E-state index contributed by atoms with van der Waals surface area (Å²) < 4.78 is 6.24. The van der Waals surface area contributed by atoms with Crippen LogP contribution in [-0.4, -0.2) is 34.9 Å². The molecule has 0 radical (unpaired) electrons. The maximum Gasteiger partial charge on any atom is 0.174 e. The van der Waals surface area contributed by atoms with Crippen molar-refractivity contribution in [1.82, 2.24) is 10.2 Å². The Morgan fingerprint density at radius 1 is 1.58 bits per heavy atom. The quantitative estimate of drug-likeness (QED) is 0.450. The van der Waals surface area contributed by atoms with Crippen molar-refractivity contribution in [3.63, 3.8) is 0 Å². The zero-order chi connectivity index (χ0) is 8.65. The fourth-order valence-corrected chi connectivity index (χ4v) is 2.12. The summed E-state index contributed by atoms with van der Waals surface area (Å²) in [7, 11) is 0. The smallest absolute Gasteiger partial charge is 0.174 e. The third kappa shape index (κ3) is 4.30. The van der Waals surface area contributed by atoms with Crippen LogP contribution in [0.4, 0.5) is 0 Å². The van der Waals surface area contributed by atoms with Gasteiger partial charge in [0, 0.05) is 11.5 Å². The zero-order valence-electron chi connectivity index (χ0n) is 6.47. The molecule has 68 valence electrons. The first-order valence-corrected chi connectivity index (χ1v) is 6.01. The summed E-state index contributed by atoms with van der Waals surface area (Å²) in [6.45, 7) is 1.48. The minimum Gasteiger partial charge on any atom is -0.380 e. The lowest BCUT2D eigenvalue weighted by atomic mass is 10.8. The molecule has 0 aliphatic carbocycles. The van der Waals surface area contributed by atoms with Crippen LogP contribution in [0.5, 0.6) is 0 Å². The van der Waals surface area contributed by atoms with Gasteiger partial charge in [0.1, 0.15) is 5.51 Å². The molecule has 3 nitrogen and oxygen atoms in total. The highest BCUT2D eigenvalue weighted by molar-refractivity contribution is 8.01. The standard InChI is InChI=1S/C6H10N2OS3/c10-3-1-9-2-4-11-6-8-7-5-12-6/h5,10H,1-4H2. The Bertz CT molecular complexity index is 193. The Labute approximate surface area is 85.3 Å². The van der Waals surface area contributed by atoms with Crippen molar-refractivity contribution >= 4 is 35.7 Å². The predicted molar refractivity (Wildman–Crippen MR) is 55.3 cm³/mol. The number of rotatable bonds is 6. The number of thiol groups is 1. The summed E-state index contributed by atoms with van der Waals surface area (Å²) in [6, 6.07) is 0. The van der Waals surface area contributed by atoms with E-state index in [1.807, 2.05) is 0 Å². The molecule has 0 saturated carbocycles. The van der Waals surface area contributed by atoms with Gasteiger partial charge in [0.05, 0.1) is 13.2 Å². The topological polar surface area (TPSA) is 35.0 Å². The predicted octanol–water partition coefficient (Wildman–Crippen LogP) is 1.58. The minimum absolute atomic E-state index is 0.722. The van der Waals surface area contributed by atoms with Crippen LogP contribution in [0.25, 0.3) is 0 Å². The van der Waals surface area contributed by atoms with Gasteiger partial charge in [-0.2, -0.15) is 12.6 Å². The van der Waals surface area contributed by atoms with E-state index < -0.39 is 0 Å². The van der Waals surface area contributed by atoms with E-state index in [2.05, 4.69) is 22.8 Å². The summed E-state index contributed by atoms with van der Waals surface area (Å²) >= 11 is 7.26. The van der Waals surface area contributed by atoms with Gasteiger partial charge in [0.15, 0.2) is 4.34 Å². The minimum atomic E-state index is 0.722. The van der Waals surface area contributed by atoms with E-state index in [1.165, 1.54) is 0 Å². The molecule has 0 aromatic carbocycles. The molecule has 0 unspecified atom stereocenters. The molecule has 6 heteroatoms. The lowest BCUT2D eigenvalue weighted by molar-refractivity contribution is 0.167. The molecule has 1 aromatic heterocycles. The van der Waals surface area contributed by atoms with Crippen LogP contribution in [0.3, 0.4) is 0 Å². The Morgan fingerprint density at radius 3 is 3.17 bits per heavy atom. The molecule has 0 spiro atoms. The molecule has 0 saturated heterocycles. The van der Waals surface area contributed by atoms with Crippen molar-refractivity contribution in [3.05, 3.63) is 5.51 Å². The van der Waals surface area contributed by atoms with E-state index in [1.54, 1.807) is 28.6 Å². The second-order valence-electron chi connectivity index (χ2n) is 1.89. The zero-order valence-corrected chi connectivity index (χ0v) is 9.00. The summed E-state index contributed by atoms with van der Waals surface area (Å²) in [5.74, 6) is 1.71.